The molecule has 1 heteroatoms. The molecule has 1 aromatic carbocycles. The fourth-order valence-corrected chi connectivity index (χ4v) is 2.03. The SMILES string of the molecule is CC1C=CC(C)(C=O)c2ccccc21. The quantitative estimate of drug-likeness (QED) is 0.487. The highest BCUT2D eigenvalue weighted by atomic mass is 16.1. The van der Waals surface area contributed by atoms with E-state index in [1.54, 1.807) is 0 Å². The van der Waals surface area contributed by atoms with E-state index in [1.165, 1.54) is 5.56 Å². The predicted octanol–water partition coefficient (Wildman–Crippen LogP) is 2.82. The van der Waals surface area contributed by atoms with Crippen molar-refractivity contribution in [3.05, 3.63) is 47.5 Å². The molecule has 72 valence electrons. The summed E-state index contributed by atoms with van der Waals surface area (Å²) in [4.78, 5) is 11.1. The lowest BCUT2D eigenvalue weighted by molar-refractivity contribution is -0.110. The Balaban J connectivity index is 2.64. The standard InChI is InChI=1S/C13H14O/c1-10-7-8-13(2,9-14)12-6-4-3-5-11(10)12/h3-10H,1-2H3. The molecule has 0 aliphatic heterocycles. The van der Waals surface area contributed by atoms with Gasteiger partial charge in [-0.2, -0.15) is 0 Å². The summed E-state index contributed by atoms with van der Waals surface area (Å²) in [6.07, 6.45) is 5.14. The Morgan fingerprint density at radius 1 is 1.36 bits per heavy atom. The van der Waals surface area contributed by atoms with Crippen LogP contribution in [0.1, 0.15) is 30.9 Å². The van der Waals surface area contributed by atoms with Gasteiger partial charge < -0.3 is 4.79 Å². The molecule has 2 rings (SSSR count). The normalized spacial score (nSPS) is 29.7. The first kappa shape index (κ1) is 9.20. The molecule has 0 heterocycles. The Hall–Kier alpha value is -1.37. The van der Waals surface area contributed by atoms with Gasteiger partial charge in [0.25, 0.3) is 0 Å². The maximum absolute atomic E-state index is 11.1. The lowest BCUT2D eigenvalue weighted by atomic mass is 9.74. The van der Waals surface area contributed by atoms with Crippen molar-refractivity contribution in [1.29, 1.82) is 0 Å². The first-order chi connectivity index (χ1) is 6.67. The van der Waals surface area contributed by atoms with Gasteiger partial charge in [0.2, 0.25) is 0 Å². The molecule has 2 unspecified atom stereocenters. The van der Waals surface area contributed by atoms with Crippen molar-refractivity contribution in [1.82, 2.24) is 0 Å². The average molecular weight is 186 g/mol. The molecule has 0 fully saturated rings. The minimum absolute atomic E-state index is 0.416. The number of allylic oxidation sites excluding steroid dienone is 2. The van der Waals surface area contributed by atoms with Gasteiger partial charge in [-0.15, -0.1) is 0 Å². The van der Waals surface area contributed by atoms with E-state index in [4.69, 9.17) is 0 Å². The van der Waals surface area contributed by atoms with Gasteiger partial charge in [0.1, 0.15) is 6.29 Å². The zero-order valence-corrected chi connectivity index (χ0v) is 8.53. The maximum Gasteiger partial charge on any atom is 0.134 e. The van der Waals surface area contributed by atoms with E-state index in [1.807, 2.05) is 31.2 Å². The van der Waals surface area contributed by atoms with Gasteiger partial charge in [-0.05, 0) is 24.0 Å². The number of hydrogen-bond donors (Lipinski definition) is 0. The lowest BCUT2D eigenvalue weighted by Crippen LogP contribution is -2.26. The Labute approximate surface area is 84.5 Å². The second-order valence-electron chi connectivity index (χ2n) is 4.14. The molecule has 0 amide bonds. The minimum atomic E-state index is -0.427. The van der Waals surface area contributed by atoms with E-state index in [9.17, 15) is 4.79 Å². The molecule has 1 nitrogen and oxygen atoms in total. The van der Waals surface area contributed by atoms with E-state index in [0.29, 0.717) is 5.92 Å². The molecule has 0 bridgehead atoms. The number of benzene rings is 1. The van der Waals surface area contributed by atoms with Crippen molar-refractivity contribution in [3.63, 3.8) is 0 Å². The van der Waals surface area contributed by atoms with E-state index in [0.717, 1.165) is 11.8 Å². The van der Waals surface area contributed by atoms with Crippen LogP contribution < -0.4 is 0 Å². The van der Waals surface area contributed by atoms with Crippen molar-refractivity contribution in [2.45, 2.75) is 25.2 Å². The molecule has 0 spiro atoms. The summed E-state index contributed by atoms with van der Waals surface area (Å²) in [6.45, 7) is 4.11. The van der Waals surface area contributed by atoms with Crippen molar-refractivity contribution in [2.75, 3.05) is 0 Å². The molecule has 14 heavy (non-hydrogen) atoms. The minimum Gasteiger partial charge on any atom is -0.302 e. The second kappa shape index (κ2) is 3.09. The van der Waals surface area contributed by atoms with Crippen molar-refractivity contribution >= 4 is 6.29 Å². The summed E-state index contributed by atoms with van der Waals surface area (Å²) < 4.78 is 0. The van der Waals surface area contributed by atoms with Crippen molar-refractivity contribution < 1.29 is 4.79 Å². The van der Waals surface area contributed by atoms with E-state index < -0.39 is 5.41 Å². The molecule has 0 radical (unpaired) electrons. The molecule has 1 aromatic rings. The third-order valence-corrected chi connectivity index (χ3v) is 3.01. The molecule has 0 saturated carbocycles. The Morgan fingerprint density at radius 2 is 2.07 bits per heavy atom. The number of carbonyl (C=O) groups is 1. The largest absolute Gasteiger partial charge is 0.302 e. The summed E-state index contributed by atoms with van der Waals surface area (Å²) in [5.41, 5.74) is 1.98. The van der Waals surface area contributed by atoms with Crippen LogP contribution in [0.5, 0.6) is 0 Å². The average Bonchev–Trinajstić information content (AvgIpc) is 2.24. The van der Waals surface area contributed by atoms with Gasteiger partial charge in [0.15, 0.2) is 0 Å². The topological polar surface area (TPSA) is 17.1 Å². The molecule has 0 saturated heterocycles. The monoisotopic (exact) mass is 186 g/mol. The molecule has 0 N–H and O–H groups in total. The summed E-state index contributed by atoms with van der Waals surface area (Å²) in [5.74, 6) is 0.416. The van der Waals surface area contributed by atoms with Crippen molar-refractivity contribution in [3.8, 4) is 0 Å². The van der Waals surface area contributed by atoms with Gasteiger partial charge in [-0.1, -0.05) is 43.3 Å². The fraction of sp³-hybridized carbons (Fsp3) is 0.308. The van der Waals surface area contributed by atoms with Crippen LogP contribution in [0.3, 0.4) is 0 Å². The third kappa shape index (κ3) is 1.20. The predicted molar refractivity (Wildman–Crippen MR) is 57.4 cm³/mol. The zero-order valence-electron chi connectivity index (χ0n) is 8.53. The maximum atomic E-state index is 11.1. The number of carbonyl (C=O) groups excluding carboxylic acids is 1. The van der Waals surface area contributed by atoms with Crippen LogP contribution in [0.2, 0.25) is 0 Å². The molecular formula is C13H14O. The van der Waals surface area contributed by atoms with Gasteiger partial charge in [0.05, 0.1) is 5.41 Å². The summed E-state index contributed by atoms with van der Waals surface area (Å²) >= 11 is 0. The van der Waals surface area contributed by atoms with Crippen LogP contribution in [-0.2, 0) is 10.2 Å². The Morgan fingerprint density at radius 3 is 2.79 bits per heavy atom. The summed E-state index contributed by atoms with van der Waals surface area (Å²) in [5, 5.41) is 0. The number of rotatable bonds is 1. The van der Waals surface area contributed by atoms with Gasteiger partial charge in [-0.3, -0.25) is 0 Å². The van der Waals surface area contributed by atoms with Crippen LogP contribution in [0.4, 0.5) is 0 Å². The lowest BCUT2D eigenvalue weighted by Gasteiger charge is -2.29. The highest BCUT2D eigenvalue weighted by Gasteiger charge is 2.29. The van der Waals surface area contributed by atoms with Gasteiger partial charge in [-0.25, -0.2) is 0 Å². The highest BCUT2D eigenvalue weighted by molar-refractivity contribution is 5.74. The highest BCUT2D eigenvalue weighted by Crippen LogP contribution is 2.36. The van der Waals surface area contributed by atoms with Crippen LogP contribution in [0, 0.1) is 0 Å². The number of hydrogen-bond acceptors (Lipinski definition) is 1. The van der Waals surface area contributed by atoms with Gasteiger partial charge in [0, 0.05) is 0 Å². The Bertz CT molecular complexity index is 392. The molecule has 2 atom stereocenters. The zero-order chi connectivity index (χ0) is 10.2. The fourth-order valence-electron chi connectivity index (χ4n) is 2.03. The van der Waals surface area contributed by atoms with Crippen molar-refractivity contribution in [2.24, 2.45) is 0 Å². The second-order valence-corrected chi connectivity index (χ2v) is 4.14. The van der Waals surface area contributed by atoms with Gasteiger partial charge >= 0.3 is 0 Å². The first-order valence-corrected chi connectivity index (χ1v) is 4.92. The molecule has 0 aromatic heterocycles. The van der Waals surface area contributed by atoms with Crippen LogP contribution in [0.25, 0.3) is 0 Å². The first-order valence-electron chi connectivity index (χ1n) is 4.92. The number of aldehydes is 1. The van der Waals surface area contributed by atoms with Crippen LogP contribution in [-0.4, -0.2) is 6.29 Å². The van der Waals surface area contributed by atoms with E-state index in [2.05, 4.69) is 19.1 Å². The van der Waals surface area contributed by atoms with E-state index in [-0.39, 0.29) is 0 Å². The van der Waals surface area contributed by atoms with Crippen LogP contribution in [0.15, 0.2) is 36.4 Å². The number of fused-ring (bicyclic) bond motifs is 1. The Kier molecular flexibility index (Phi) is 2.03. The molecule has 1 aliphatic carbocycles. The third-order valence-electron chi connectivity index (χ3n) is 3.01. The smallest absolute Gasteiger partial charge is 0.134 e. The summed E-state index contributed by atoms with van der Waals surface area (Å²) in [6, 6.07) is 8.17. The summed E-state index contributed by atoms with van der Waals surface area (Å²) in [7, 11) is 0. The molecule has 1 aliphatic rings. The molecular weight excluding hydrogens is 172 g/mol. The van der Waals surface area contributed by atoms with E-state index >= 15 is 0 Å². The van der Waals surface area contributed by atoms with Crippen LogP contribution >= 0.6 is 0 Å².